The van der Waals surface area contributed by atoms with Crippen LogP contribution in [0.3, 0.4) is 0 Å². The van der Waals surface area contributed by atoms with Crippen LogP contribution < -0.4 is 0 Å². The van der Waals surface area contributed by atoms with E-state index in [0.29, 0.717) is 0 Å². The second-order valence-electron chi connectivity index (χ2n) is 4.85. The van der Waals surface area contributed by atoms with Gasteiger partial charge in [0.2, 0.25) is 0 Å². The highest BCUT2D eigenvalue weighted by Crippen LogP contribution is 2.22. The maximum atomic E-state index is 3.16. The predicted molar refractivity (Wildman–Crippen MR) is 86.3 cm³/mol. The number of hydrogen-bond acceptors (Lipinski definition) is 1. The zero-order valence-corrected chi connectivity index (χ0v) is 12.0. The summed E-state index contributed by atoms with van der Waals surface area (Å²) in [6, 6.07) is 20.8. The molecule has 100 valence electrons. The average molecular weight is 261 g/mol. The van der Waals surface area contributed by atoms with Gasteiger partial charge < -0.3 is 0 Å². The third kappa shape index (κ3) is 4.12. The first-order valence-electron chi connectivity index (χ1n) is 6.71. The molecular weight excluding hydrogens is 242 g/mol. The SMILES string of the molecule is CN(C)CC#CC=C(c1ccccc1)c1ccccc1. The van der Waals surface area contributed by atoms with Crippen LogP contribution in [0, 0.1) is 11.8 Å². The summed E-state index contributed by atoms with van der Waals surface area (Å²) in [6.45, 7) is 0.771. The second kappa shape index (κ2) is 7.33. The second-order valence-corrected chi connectivity index (χ2v) is 4.85. The standard InChI is InChI=1S/C19H19N/c1-20(2)16-10-9-15-19(17-11-5-3-6-12-17)18-13-7-4-8-14-18/h3-8,11-15H,16H2,1-2H3. The average Bonchev–Trinajstić information content (AvgIpc) is 2.49. The quantitative estimate of drug-likeness (QED) is 0.762. The van der Waals surface area contributed by atoms with Crippen LogP contribution >= 0.6 is 0 Å². The monoisotopic (exact) mass is 261 g/mol. The Labute approximate surface area is 121 Å². The van der Waals surface area contributed by atoms with E-state index in [1.807, 2.05) is 32.3 Å². The molecule has 0 bridgehead atoms. The molecule has 1 heteroatoms. The first-order valence-corrected chi connectivity index (χ1v) is 6.71. The van der Waals surface area contributed by atoms with Gasteiger partial charge >= 0.3 is 0 Å². The van der Waals surface area contributed by atoms with Crippen LogP contribution in [0.4, 0.5) is 0 Å². The van der Waals surface area contributed by atoms with Gasteiger partial charge in [0, 0.05) is 0 Å². The zero-order valence-electron chi connectivity index (χ0n) is 12.0. The number of allylic oxidation sites excluding steroid dienone is 1. The molecule has 0 amide bonds. The van der Waals surface area contributed by atoms with Gasteiger partial charge in [0.1, 0.15) is 0 Å². The van der Waals surface area contributed by atoms with Gasteiger partial charge in [-0.2, -0.15) is 0 Å². The third-order valence-corrected chi connectivity index (χ3v) is 2.88. The maximum absolute atomic E-state index is 3.16. The van der Waals surface area contributed by atoms with E-state index in [-0.39, 0.29) is 0 Å². The number of benzene rings is 2. The molecule has 0 unspecified atom stereocenters. The molecule has 2 rings (SSSR count). The Bertz CT molecular complexity index is 572. The van der Waals surface area contributed by atoms with Gasteiger partial charge in [0.15, 0.2) is 0 Å². The van der Waals surface area contributed by atoms with Gasteiger partial charge in [0.05, 0.1) is 6.54 Å². The van der Waals surface area contributed by atoms with E-state index in [4.69, 9.17) is 0 Å². The molecule has 0 N–H and O–H groups in total. The fourth-order valence-electron chi connectivity index (χ4n) is 1.90. The van der Waals surface area contributed by atoms with Gasteiger partial charge in [-0.1, -0.05) is 72.5 Å². The molecular formula is C19H19N. The lowest BCUT2D eigenvalue weighted by Crippen LogP contribution is -2.10. The molecule has 0 aliphatic heterocycles. The molecule has 0 heterocycles. The van der Waals surface area contributed by atoms with Gasteiger partial charge in [-0.3, -0.25) is 4.90 Å². The summed E-state index contributed by atoms with van der Waals surface area (Å²) in [7, 11) is 4.04. The molecule has 1 nitrogen and oxygen atoms in total. The molecule has 0 fully saturated rings. The van der Waals surface area contributed by atoms with Crippen LogP contribution in [0.25, 0.3) is 5.57 Å². The van der Waals surface area contributed by atoms with Crippen LogP contribution in [0.15, 0.2) is 66.7 Å². The first-order chi connectivity index (χ1) is 9.77. The first kappa shape index (κ1) is 14.1. The fourth-order valence-corrected chi connectivity index (χ4v) is 1.90. The van der Waals surface area contributed by atoms with Gasteiger partial charge in [-0.25, -0.2) is 0 Å². The van der Waals surface area contributed by atoms with Crippen LogP contribution in [-0.2, 0) is 0 Å². The highest BCUT2D eigenvalue weighted by atomic mass is 15.0. The Hall–Kier alpha value is -2.30. The van der Waals surface area contributed by atoms with E-state index >= 15 is 0 Å². The molecule has 0 spiro atoms. The van der Waals surface area contributed by atoms with Crippen molar-refractivity contribution >= 4 is 5.57 Å². The minimum absolute atomic E-state index is 0.771. The van der Waals surface area contributed by atoms with E-state index in [1.165, 1.54) is 11.1 Å². The topological polar surface area (TPSA) is 3.24 Å². The number of rotatable bonds is 3. The Kier molecular flexibility index (Phi) is 5.17. The summed E-state index contributed by atoms with van der Waals surface area (Å²) < 4.78 is 0. The van der Waals surface area contributed by atoms with E-state index in [9.17, 15) is 0 Å². The van der Waals surface area contributed by atoms with Gasteiger partial charge in [0.25, 0.3) is 0 Å². The summed E-state index contributed by atoms with van der Waals surface area (Å²) in [6.07, 6.45) is 2.01. The minimum Gasteiger partial charge on any atom is -0.299 e. The van der Waals surface area contributed by atoms with Crippen molar-refractivity contribution in [3.8, 4) is 11.8 Å². The van der Waals surface area contributed by atoms with Crippen LogP contribution in [0.2, 0.25) is 0 Å². The van der Waals surface area contributed by atoms with E-state index < -0.39 is 0 Å². The van der Waals surface area contributed by atoms with E-state index in [1.54, 1.807) is 0 Å². The van der Waals surface area contributed by atoms with Crippen LogP contribution in [-0.4, -0.2) is 25.5 Å². The Balaban J connectivity index is 2.35. The molecule has 0 aliphatic rings. The highest BCUT2D eigenvalue weighted by molar-refractivity contribution is 5.81. The van der Waals surface area contributed by atoms with Crippen molar-refractivity contribution in [3.05, 3.63) is 77.9 Å². The molecule has 0 radical (unpaired) electrons. The normalized spacial score (nSPS) is 9.75. The number of nitrogens with zero attached hydrogens (tertiary/aromatic N) is 1. The minimum atomic E-state index is 0.771. The lowest BCUT2D eigenvalue weighted by atomic mass is 9.98. The third-order valence-electron chi connectivity index (χ3n) is 2.88. The van der Waals surface area contributed by atoms with Crippen molar-refractivity contribution < 1.29 is 0 Å². The molecule has 0 aromatic heterocycles. The highest BCUT2D eigenvalue weighted by Gasteiger charge is 2.02. The van der Waals surface area contributed by atoms with Crippen molar-refractivity contribution in [2.24, 2.45) is 0 Å². The maximum Gasteiger partial charge on any atom is 0.0600 e. The molecule has 0 saturated carbocycles. The van der Waals surface area contributed by atoms with Crippen molar-refractivity contribution in [2.75, 3.05) is 20.6 Å². The lowest BCUT2D eigenvalue weighted by Gasteiger charge is -2.06. The predicted octanol–water partition coefficient (Wildman–Crippen LogP) is 3.68. The van der Waals surface area contributed by atoms with Gasteiger partial charge in [-0.15, -0.1) is 0 Å². The summed E-state index contributed by atoms with van der Waals surface area (Å²) in [5, 5.41) is 0. The fraction of sp³-hybridized carbons (Fsp3) is 0.158. The molecule has 20 heavy (non-hydrogen) atoms. The lowest BCUT2D eigenvalue weighted by molar-refractivity contribution is 0.464. The van der Waals surface area contributed by atoms with Crippen molar-refractivity contribution in [2.45, 2.75) is 0 Å². The van der Waals surface area contributed by atoms with Crippen molar-refractivity contribution in [3.63, 3.8) is 0 Å². The Morgan fingerprint density at radius 1 is 0.900 bits per heavy atom. The van der Waals surface area contributed by atoms with Crippen LogP contribution in [0.1, 0.15) is 11.1 Å². The van der Waals surface area contributed by atoms with Crippen molar-refractivity contribution in [1.29, 1.82) is 0 Å². The molecule has 2 aromatic rings. The summed E-state index contributed by atoms with van der Waals surface area (Å²) in [4.78, 5) is 2.06. The molecule has 0 aliphatic carbocycles. The summed E-state index contributed by atoms with van der Waals surface area (Å²) in [5.41, 5.74) is 3.55. The molecule has 0 saturated heterocycles. The largest absolute Gasteiger partial charge is 0.299 e. The molecule has 0 atom stereocenters. The summed E-state index contributed by atoms with van der Waals surface area (Å²) in [5.74, 6) is 6.31. The van der Waals surface area contributed by atoms with Gasteiger partial charge in [-0.05, 0) is 36.9 Å². The van der Waals surface area contributed by atoms with E-state index in [2.05, 4.69) is 65.3 Å². The zero-order chi connectivity index (χ0) is 14.2. The molecule has 2 aromatic carbocycles. The van der Waals surface area contributed by atoms with Crippen LogP contribution in [0.5, 0.6) is 0 Å². The Morgan fingerprint density at radius 2 is 1.40 bits per heavy atom. The number of hydrogen-bond donors (Lipinski definition) is 0. The smallest absolute Gasteiger partial charge is 0.0600 e. The Morgan fingerprint density at radius 3 is 1.85 bits per heavy atom. The van der Waals surface area contributed by atoms with E-state index in [0.717, 1.165) is 12.1 Å². The van der Waals surface area contributed by atoms with Crippen molar-refractivity contribution in [1.82, 2.24) is 4.90 Å². The summed E-state index contributed by atoms with van der Waals surface area (Å²) >= 11 is 0.